The van der Waals surface area contributed by atoms with E-state index in [1.54, 1.807) is 13.2 Å². The number of nitrogens with zero attached hydrogens (tertiary/aromatic N) is 2. The smallest absolute Gasteiger partial charge is 0.227 e. The van der Waals surface area contributed by atoms with Gasteiger partial charge in [0.1, 0.15) is 0 Å². The summed E-state index contributed by atoms with van der Waals surface area (Å²) in [6.45, 7) is 4.21. The van der Waals surface area contributed by atoms with E-state index in [0.29, 0.717) is 5.92 Å². The van der Waals surface area contributed by atoms with Crippen LogP contribution in [0, 0.1) is 16.7 Å². The number of hydrogen-bond acceptors (Lipinski definition) is 4. The Bertz CT molecular complexity index is 635. The molecule has 0 aliphatic heterocycles. The second-order valence-corrected chi connectivity index (χ2v) is 8.83. The third-order valence-electron chi connectivity index (χ3n) is 5.89. The fraction of sp³-hybridized carbons (Fsp3) is 0.786. The van der Waals surface area contributed by atoms with Crippen molar-refractivity contribution in [2.75, 3.05) is 5.75 Å². The number of fused-ring (bicyclic) bond motifs is 2. The first-order valence-corrected chi connectivity index (χ1v) is 8.74. The molecule has 0 saturated heterocycles. The monoisotopic (exact) mass is 298 g/mol. The third kappa shape index (κ3) is 1.64. The second kappa shape index (κ2) is 4.07. The number of imidazole rings is 1. The van der Waals surface area contributed by atoms with Gasteiger partial charge in [-0.25, -0.2) is 13.4 Å². The zero-order valence-electron chi connectivity index (χ0n) is 12.2. The number of aliphatic hydroxyl groups is 1. The van der Waals surface area contributed by atoms with Gasteiger partial charge in [0.15, 0.2) is 0 Å². The van der Waals surface area contributed by atoms with Gasteiger partial charge in [-0.15, -0.1) is 0 Å². The lowest BCUT2D eigenvalue weighted by Gasteiger charge is -2.40. The predicted octanol–water partition coefficient (Wildman–Crippen LogP) is 1.38. The maximum Gasteiger partial charge on any atom is 0.227 e. The van der Waals surface area contributed by atoms with Crippen molar-refractivity contribution in [2.45, 2.75) is 44.4 Å². The molecule has 6 heteroatoms. The van der Waals surface area contributed by atoms with Crippen LogP contribution in [-0.4, -0.2) is 34.9 Å². The lowest BCUT2D eigenvalue weighted by Crippen LogP contribution is -2.44. The van der Waals surface area contributed by atoms with Gasteiger partial charge < -0.3 is 9.67 Å². The fourth-order valence-electron chi connectivity index (χ4n) is 4.43. The van der Waals surface area contributed by atoms with Gasteiger partial charge in [-0.3, -0.25) is 0 Å². The van der Waals surface area contributed by atoms with Crippen molar-refractivity contribution in [1.29, 1.82) is 0 Å². The molecule has 5 nitrogen and oxygen atoms in total. The molecule has 2 fully saturated rings. The summed E-state index contributed by atoms with van der Waals surface area (Å²) in [7, 11) is -1.80. The van der Waals surface area contributed by atoms with Crippen LogP contribution in [0.1, 0.15) is 33.1 Å². The van der Waals surface area contributed by atoms with Crippen molar-refractivity contribution in [3.63, 3.8) is 0 Å². The normalized spacial score (nSPS) is 35.6. The van der Waals surface area contributed by atoms with Crippen LogP contribution in [0.5, 0.6) is 0 Å². The Morgan fingerprint density at radius 3 is 2.65 bits per heavy atom. The van der Waals surface area contributed by atoms with E-state index < -0.39 is 21.4 Å². The maximum atomic E-state index is 12.7. The van der Waals surface area contributed by atoms with Gasteiger partial charge >= 0.3 is 0 Å². The Morgan fingerprint density at radius 2 is 2.20 bits per heavy atom. The molecule has 0 amide bonds. The average Bonchev–Trinajstić information content (AvgIpc) is 2.91. The predicted molar refractivity (Wildman–Crippen MR) is 74.8 cm³/mol. The Labute approximate surface area is 119 Å². The molecule has 1 aromatic heterocycles. The average molecular weight is 298 g/mol. The number of sulfone groups is 1. The molecular formula is C14H22N2O3S. The van der Waals surface area contributed by atoms with Crippen molar-refractivity contribution >= 4 is 9.84 Å². The van der Waals surface area contributed by atoms with Gasteiger partial charge in [0.25, 0.3) is 0 Å². The van der Waals surface area contributed by atoms with Crippen molar-refractivity contribution < 1.29 is 13.5 Å². The zero-order chi connectivity index (χ0) is 14.8. The highest BCUT2D eigenvalue weighted by Crippen LogP contribution is 2.66. The zero-order valence-corrected chi connectivity index (χ0v) is 13.0. The van der Waals surface area contributed by atoms with Crippen molar-refractivity contribution in [1.82, 2.24) is 9.55 Å². The van der Waals surface area contributed by atoms with Gasteiger partial charge in [-0.05, 0) is 30.6 Å². The quantitative estimate of drug-likeness (QED) is 0.915. The van der Waals surface area contributed by atoms with Crippen LogP contribution >= 0.6 is 0 Å². The summed E-state index contributed by atoms with van der Waals surface area (Å²) in [5.41, 5.74) is -0.660. The van der Waals surface area contributed by atoms with Crippen LogP contribution in [0.25, 0.3) is 0 Å². The van der Waals surface area contributed by atoms with Gasteiger partial charge in [0.05, 0.1) is 11.9 Å². The molecule has 2 saturated carbocycles. The Kier molecular flexibility index (Phi) is 2.86. The van der Waals surface area contributed by atoms with E-state index in [4.69, 9.17) is 0 Å². The molecule has 0 aromatic carbocycles. The molecule has 20 heavy (non-hydrogen) atoms. The van der Waals surface area contributed by atoms with Crippen molar-refractivity contribution in [2.24, 2.45) is 23.8 Å². The number of hydrogen-bond donors (Lipinski definition) is 1. The van der Waals surface area contributed by atoms with E-state index in [-0.39, 0.29) is 16.3 Å². The molecule has 2 aliphatic rings. The molecule has 0 spiro atoms. The van der Waals surface area contributed by atoms with Crippen LogP contribution in [0.4, 0.5) is 0 Å². The summed E-state index contributed by atoms with van der Waals surface area (Å²) in [4.78, 5) is 3.97. The molecular weight excluding hydrogens is 276 g/mol. The summed E-state index contributed by atoms with van der Waals surface area (Å²) in [6, 6.07) is 0. The number of rotatable bonds is 3. The molecule has 1 heterocycles. The maximum absolute atomic E-state index is 12.7. The first-order valence-electron chi connectivity index (χ1n) is 7.09. The molecule has 1 N–H and O–H groups in total. The van der Waals surface area contributed by atoms with E-state index >= 15 is 0 Å². The summed E-state index contributed by atoms with van der Waals surface area (Å²) < 4.78 is 26.9. The van der Waals surface area contributed by atoms with Crippen molar-refractivity contribution in [3.8, 4) is 0 Å². The first-order chi connectivity index (χ1) is 9.21. The van der Waals surface area contributed by atoms with E-state index in [9.17, 15) is 13.5 Å². The second-order valence-electron chi connectivity index (χ2n) is 6.94. The van der Waals surface area contributed by atoms with Gasteiger partial charge in [0, 0.05) is 24.9 Å². The summed E-state index contributed by atoms with van der Waals surface area (Å²) in [5, 5.41) is 10.5. The summed E-state index contributed by atoms with van der Waals surface area (Å²) in [6.07, 6.45) is 5.14. The Morgan fingerprint density at radius 1 is 1.50 bits per heavy atom. The largest absolute Gasteiger partial charge is 0.392 e. The lowest BCUT2D eigenvalue weighted by molar-refractivity contribution is 0.0152. The standard InChI is InChI=1S/C14H22N2O3S/c1-13(2)10-4-5-14(13,11(17)8-10)9-20(18,19)12-15-6-7-16(12)3/h6-7,10-11,17H,4-5,8-9H2,1-3H3/t10-,11-,14-/m0/s1. The fourth-order valence-corrected chi connectivity index (χ4v) is 6.67. The Balaban J connectivity index is 2.01. The molecule has 3 atom stereocenters. The highest BCUT2D eigenvalue weighted by atomic mass is 32.2. The SMILES string of the molecule is Cn1ccnc1S(=O)(=O)C[C@@]12CC[C@@H](C[C@@H]1O)C2(C)C. The first kappa shape index (κ1) is 14.1. The minimum atomic E-state index is -3.49. The summed E-state index contributed by atoms with van der Waals surface area (Å²) in [5.74, 6) is 0.421. The third-order valence-corrected chi connectivity index (χ3v) is 7.74. The van der Waals surface area contributed by atoms with E-state index in [1.807, 2.05) is 0 Å². The van der Waals surface area contributed by atoms with Crippen LogP contribution in [-0.2, 0) is 16.9 Å². The molecule has 1 aromatic rings. The van der Waals surface area contributed by atoms with Crippen LogP contribution in [0.2, 0.25) is 0 Å². The van der Waals surface area contributed by atoms with Crippen LogP contribution < -0.4 is 0 Å². The van der Waals surface area contributed by atoms with Gasteiger partial charge in [0.2, 0.25) is 15.0 Å². The molecule has 0 unspecified atom stereocenters. The molecule has 3 rings (SSSR count). The van der Waals surface area contributed by atoms with E-state index in [0.717, 1.165) is 19.3 Å². The van der Waals surface area contributed by atoms with Crippen LogP contribution in [0.15, 0.2) is 17.6 Å². The van der Waals surface area contributed by atoms with E-state index in [1.165, 1.54) is 10.8 Å². The molecule has 112 valence electrons. The topological polar surface area (TPSA) is 72.2 Å². The molecule has 2 bridgehead atoms. The van der Waals surface area contributed by atoms with Crippen LogP contribution in [0.3, 0.4) is 0 Å². The van der Waals surface area contributed by atoms with E-state index in [2.05, 4.69) is 18.8 Å². The lowest BCUT2D eigenvalue weighted by atomic mass is 9.70. The van der Waals surface area contributed by atoms with Gasteiger partial charge in [-0.1, -0.05) is 13.8 Å². The highest BCUT2D eigenvalue weighted by Gasteiger charge is 2.65. The minimum absolute atomic E-state index is 0.00444. The van der Waals surface area contributed by atoms with Gasteiger partial charge in [-0.2, -0.15) is 0 Å². The van der Waals surface area contributed by atoms with Crippen molar-refractivity contribution in [3.05, 3.63) is 12.4 Å². The minimum Gasteiger partial charge on any atom is -0.392 e. The number of aliphatic hydroxyl groups excluding tert-OH is 1. The molecule has 2 aliphatic carbocycles. The molecule has 0 radical (unpaired) electrons. The number of aryl methyl sites for hydroxylation is 1. The number of aromatic nitrogens is 2. The Hall–Kier alpha value is -0.880. The highest BCUT2D eigenvalue weighted by molar-refractivity contribution is 7.91. The summed E-state index contributed by atoms with van der Waals surface area (Å²) >= 11 is 0.